The highest BCUT2D eigenvalue weighted by molar-refractivity contribution is 14.0. The van der Waals surface area contributed by atoms with Crippen molar-refractivity contribution in [1.29, 1.82) is 0 Å². The predicted octanol–water partition coefficient (Wildman–Crippen LogP) is 4.18. The van der Waals surface area contributed by atoms with E-state index in [1.807, 2.05) is 6.07 Å². The molecule has 3 rings (SSSR count). The second kappa shape index (κ2) is 10.7. The number of alkyl halides is 3. The maximum atomic E-state index is 12.8. The van der Waals surface area contributed by atoms with Gasteiger partial charge < -0.3 is 15.5 Å². The molecule has 0 bridgehead atoms. The summed E-state index contributed by atoms with van der Waals surface area (Å²) >= 11 is 0. The number of aromatic nitrogens is 1. The van der Waals surface area contributed by atoms with Crippen molar-refractivity contribution in [2.75, 3.05) is 25.0 Å². The van der Waals surface area contributed by atoms with E-state index in [0.717, 1.165) is 36.6 Å². The van der Waals surface area contributed by atoms with Crippen LogP contribution in [0.25, 0.3) is 0 Å². The minimum Gasteiger partial charge on any atom is -0.357 e. The smallest absolute Gasteiger partial charge is 0.357 e. The summed E-state index contributed by atoms with van der Waals surface area (Å²) in [5.74, 6) is 1.50. The molecule has 0 unspecified atom stereocenters. The molecular weight excluding hydrogens is 494 g/mol. The molecule has 2 heterocycles. The fraction of sp³-hybridized carbons (Fsp3) is 0.400. The molecule has 1 aromatic carbocycles. The van der Waals surface area contributed by atoms with Crippen LogP contribution < -0.4 is 15.5 Å². The summed E-state index contributed by atoms with van der Waals surface area (Å²) in [6.07, 6.45) is -0.166. The number of pyridine rings is 1. The van der Waals surface area contributed by atoms with Crippen molar-refractivity contribution < 1.29 is 13.2 Å². The van der Waals surface area contributed by atoms with Gasteiger partial charge in [-0.1, -0.05) is 12.1 Å². The number of nitrogens with zero attached hydrogens (tertiary/aromatic N) is 3. The van der Waals surface area contributed by atoms with E-state index in [-0.39, 0.29) is 30.5 Å². The van der Waals surface area contributed by atoms with Gasteiger partial charge in [0.05, 0.1) is 5.56 Å². The van der Waals surface area contributed by atoms with E-state index < -0.39 is 11.7 Å². The van der Waals surface area contributed by atoms with Crippen LogP contribution >= 0.6 is 24.0 Å². The second-order valence-electron chi connectivity index (χ2n) is 6.69. The Bertz CT molecular complexity index is 820. The third-order valence-electron chi connectivity index (χ3n) is 4.64. The van der Waals surface area contributed by atoms with Crippen LogP contribution in [0.5, 0.6) is 0 Å². The summed E-state index contributed by atoms with van der Waals surface area (Å²) in [6, 6.07) is 9.27. The van der Waals surface area contributed by atoms with Crippen LogP contribution in [0, 0.1) is 0 Å². The molecule has 9 heteroatoms. The van der Waals surface area contributed by atoms with Gasteiger partial charge in [-0.2, -0.15) is 13.2 Å². The van der Waals surface area contributed by atoms with Gasteiger partial charge in [-0.05, 0) is 48.2 Å². The molecule has 5 nitrogen and oxygen atoms in total. The maximum absolute atomic E-state index is 12.8. The number of guanidine groups is 1. The molecule has 0 amide bonds. The Labute approximate surface area is 185 Å². The quantitative estimate of drug-likeness (QED) is 0.354. The maximum Gasteiger partial charge on any atom is 0.416 e. The second-order valence-corrected chi connectivity index (χ2v) is 6.69. The van der Waals surface area contributed by atoms with Gasteiger partial charge in [0, 0.05) is 39.4 Å². The molecule has 0 saturated carbocycles. The lowest BCUT2D eigenvalue weighted by Gasteiger charge is -2.17. The van der Waals surface area contributed by atoms with Crippen LogP contribution in [0.3, 0.4) is 0 Å². The highest BCUT2D eigenvalue weighted by atomic mass is 127. The first kappa shape index (κ1) is 23.2. The van der Waals surface area contributed by atoms with E-state index in [0.29, 0.717) is 18.1 Å². The lowest BCUT2D eigenvalue weighted by molar-refractivity contribution is -0.137. The Morgan fingerprint density at radius 3 is 2.34 bits per heavy atom. The molecule has 0 aliphatic carbocycles. The molecule has 0 spiro atoms. The Hall–Kier alpha value is -2.04. The number of anilines is 1. The van der Waals surface area contributed by atoms with Gasteiger partial charge >= 0.3 is 6.18 Å². The minimum atomic E-state index is -4.34. The number of hydrogen-bond acceptors (Lipinski definition) is 3. The summed E-state index contributed by atoms with van der Waals surface area (Å²) in [7, 11) is 1.63. The van der Waals surface area contributed by atoms with Crippen LogP contribution in [0.1, 0.15) is 29.5 Å². The Morgan fingerprint density at radius 2 is 1.72 bits per heavy atom. The third-order valence-corrected chi connectivity index (χ3v) is 4.64. The Balaban J connectivity index is 0.00000300. The zero-order valence-electron chi connectivity index (χ0n) is 16.2. The van der Waals surface area contributed by atoms with Crippen molar-refractivity contribution in [2.24, 2.45) is 4.99 Å². The first-order chi connectivity index (χ1) is 13.5. The Kier molecular flexibility index (Phi) is 8.54. The van der Waals surface area contributed by atoms with Crippen LogP contribution in [-0.2, 0) is 19.3 Å². The molecule has 1 aromatic heterocycles. The number of nitrogens with one attached hydrogen (secondary N) is 2. The summed E-state index contributed by atoms with van der Waals surface area (Å²) in [5, 5.41) is 6.24. The first-order valence-electron chi connectivity index (χ1n) is 9.26. The normalized spacial score (nSPS) is 14.5. The highest BCUT2D eigenvalue weighted by Crippen LogP contribution is 2.29. The fourth-order valence-corrected chi connectivity index (χ4v) is 3.14. The molecule has 29 heavy (non-hydrogen) atoms. The van der Waals surface area contributed by atoms with Crippen LogP contribution in [0.2, 0.25) is 0 Å². The molecule has 1 saturated heterocycles. The SMILES string of the molecule is CN=C(NCc1cccc(C(F)(F)F)c1)NCc1ccnc(N2CCCC2)c1.I. The van der Waals surface area contributed by atoms with Crippen molar-refractivity contribution >= 4 is 35.8 Å². The lowest BCUT2D eigenvalue weighted by atomic mass is 10.1. The van der Waals surface area contributed by atoms with Crippen molar-refractivity contribution in [3.05, 3.63) is 59.3 Å². The van der Waals surface area contributed by atoms with Gasteiger partial charge in [0.15, 0.2) is 5.96 Å². The third kappa shape index (κ3) is 6.76. The van der Waals surface area contributed by atoms with Gasteiger partial charge in [-0.15, -0.1) is 24.0 Å². The van der Waals surface area contributed by atoms with Gasteiger partial charge in [0.2, 0.25) is 0 Å². The first-order valence-corrected chi connectivity index (χ1v) is 9.26. The number of aliphatic imine (C=N–C) groups is 1. The molecule has 0 atom stereocenters. The predicted molar refractivity (Wildman–Crippen MR) is 120 cm³/mol. The lowest BCUT2D eigenvalue weighted by Crippen LogP contribution is -2.36. The van der Waals surface area contributed by atoms with E-state index in [1.165, 1.54) is 18.9 Å². The minimum absolute atomic E-state index is 0. The van der Waals surface area contributed by atoms with E-state index in [1.54, 1.807) is 19.3 Å². The number of rotatable bonds is 5. The summed E-state index contributed by atoms with van der Waals surface area (Å²) < 4.78 is 38.5. The van der Waals surface area contributed by atoms with E-state index in [9.17, 15) is 13.2 Å². The summed E-state index contributed by atoms with van der Waals surface area (Å²) in [6.45, 7) is 2.86. The average Bonchev–Trinajstić information content (AvgIpc) is 3.23. The molecular formula is C20H25F3IN5. The monoisotopic (exact) mass is 519 g/mol. The van der Waals surface area contributed by atoms with Crippen molar-refractivity contribution in [1.82, 2.24) is 15.6 Å². The summed E-state index contributed by atoms with van der Waals surface area (Å²) in [4.78, 5) is 10.8. The Morgan fingerprint density at radius 1 is 1.07 bits per heavy atom. The fourth-order valence-electron chi connectivity index (χ4n) is 3.14. The molecule has 158 valence electrons. The topological polar surface area (TPSA) is 52.6 Å². The van der Waals surface area contributed by atoms with E-state index in [2.05, 4.69) is 31.6 Å². The standard InChI is InChI=1S/C20H24F3N5.HI/c1-24-19(26-13-15-5-4-6-17(11-15)20(21,22)23)27-14-16-7-8-25-18(12-16)28-9-2-3-10-28;/h4-8,11-12H,2-3,9-10,13-14H2,1H3,(H2,24,26,27);1H. The molecule has 1 fully saturated rings. The van der Waals surface area contributed by atoms with Crippen LogP contribution in [0.4, 0.5) is 19.0 Å². The van der Waals surface area contributed by atoms with Crippen LogP contribution in [-0.4, -0.2) is 31.1 Å². The molecule has 1 aliphatic heterocycles. The van der Waals surface area contributed by atoms with Gasteiger partial charge in [0.25, 0.3) is 0 Å². The van der Waals surface area contributed by atoms with E-state index in [4.69, 9.17) is 0 Å². The largest absolute Gasteiger partial charge is 0.416 e. The van der Waals surface area contributed by atoms with Crippen molar-refractivity contribution in [3.63, 3.8) is 0 Å². The van der Waals surface area contributed by atoms with Gasteiger partial charge in [0.1, 0.15) is 5.82 Å². The van der Waals surface area contributed by atoms with Crippen molar-refractivity contribution in [2.45, 2.75) is 32.1 Å². The number of benzene rings is 1. The molecule has 0 radical (unpaired) electrons. The number of halogens is 4. The zero-order valence-corrected chi connectivity index (χ0v) is 18.5. The van der Waals surface area contributed by atoms with Gasteiger partial charge in [-0.25, -0.2) is 4.98 Å². The van der Waals surface area contributed by atoms with E-state index >= 15 is 0 Å². The summed E-state index contributed by atoms with van der Waals surface area (Å²) in [5.41, 5.74) is 0.956. The zero-order chi connectivity index (χ0) is 20.0. The van der Waals surface area contributed by atoms with Gasteiger partial charge in [-0.3, -0.25) is 4.99 Å². The molecule has 2 N–H and O–H groups in total. The molecule has 1 aliphatic rings. The van der Waals surface area contributed by atoms with Crippen molar-refractivity contribution in [3.8, 4) is 0 Å². The van der Waals surface area contributed by atoms with Crippen LogP contribution in [0.15, 0.2) is 47.6 Å². The highest BCUT2D eigenvalue weighted by Gasteiger charge is 2.30. The number of hydrogen-bond donors (Lipinski definition) is 2. The molecule has 2 aromatic rings. The average molecular weight is 519 g/mol.